The zero-order valence-corrected chi connectivity index (χ0v) is 17.8. The highest BCUT2D eigenvalue weighted by molar-refractivity contribution is 7.99. The van der Waals surface area contributed by atoms with Crippen LogP contribution in [0.3, 0.4) is 0 Å². The Kier molecular flexibility index (Phi) is 8.31. The first-order valence-electron chi connectivity index (χ1n) is 9.40. The summed E-state index contributed by atoms with van der Waals surface area (Å²) in [5.41, 5.74) is 3.47. The molecule has 0 unspecified atom stereocenters. The van der Waals surface area contributed by atoms with Crippen LogP contribution in [-0.2, 0) is 9.53 Å². The van der Waals surface area contributed by atoms with Crippen molar-refractivity contribution in [1.29, 1.82) is 0 Å². The van der Waals surface area contributed by atoms with Gasteiger partial charge in [-0.25, -0.2) is 0 Å². The maximum atomic E-state index is 12.8. The highest BCUT2D eigenvalue weighted by Gasteiger charge is 2.21. The maximum absolute atomic E-state index is 12.8. The van der Waals surface area contributed by atoms with Gasteiger partial charge in [0.2, 0.25) is 5.91 Å². The first kappa shape index (κ1) is 21.4. The predicted octanol–water partition coefficient (Wildman–Crippen LogP) is 3.64. The number of hydrogen-bond acceptors (Lipinski definition) is 5. The molecule has 0 aliphatic rings. The van der Waals surface area contributed by atoms with Gasteiger partial charge in [0.25, 0.3) is 0 Å². The Hall–Kier alpha value is -1.86. The Labute approximate surface area is 166 Å². The third-order valence-electron chi connectivity index (χ3n) is 4.85. The number of nitrogens with zero attached hydrogens (tertiary/aromatic N) is 4. The van der Waals surface area contributed by atoms with E-state index < -0.39 is 0 Å². The zero-order valence-electron chi connectivity index (χ0n) is 16.9. The molecule has 1 aromatic heterocycles. The molecule has 7 heteroatoms. The maximum Gasteiger partial charge on any atom is 0.233 e. The van der Waals surface area contributed by atoms with E-state index in [1.165, 1.54) is 22.9 Å². The second-order valence-electron chi connectivity index (χ2n) is 6.59. The molecule has 0 bridgehead atoms. The van der Waals surface area contributed by atoms with E-state index in [1.807, 2.05) is 15.5 Å². The molecule has 0 N–H and O–H groups in total. The molecule has 6 nitrogen and oxygen atoms in total. The van der Waals surface area contributed by atoms with Crippen LogP contribution in [0.15, 0.2) is 29.7 Å². The summed E-state index contributed by atoms with van der Waals surface area (Å²) in [5.74, 6) is 0.449. The van der Waals surface area contributed by atoms with Gasteiger partial charge in [0.15, 0.2) is 5.16 Å². The van der Waals surface area contributed by atoms with E-state index in [4.69, 9.17) is 4.74 Å². The van der Waals surface area contributed by atoms with Crippen LogP contribution in [0.2, 0.25) is 0 Å². The molecule has 0 saturated carbocycles. The van der Waals surface area contributed by atoms with Crippen molar-refractivity contribution in [3.05, 3.63) is 35.7 Å². The number of ether oxygens (including phenoxy) is 1. The quantitative estimate of drug-likeness (QED) is 0.580. The van der Waals surface area contributed by atoms with Crippen LogP contribution >= 0.6 is 11.8 Å². The van der Waals surface area contributed by atoms with Crippen molar-refractivity contribution in [2.75, 3.05) is 26.0 Å². The minimum Gasteiger partial charge on any atom is -0.383 e. The van der Waals surface area contributed by atoms with Gasteiger partial charge in [0.05, 0.1) is 12.4 Å². The Morgan fingerprint density at radius 3 is 2.63 bits per heavy atom. The summed E-state index contributed by atoms with van der Waals surface area (Å²) in [6.45, 7) is 9.57. The topological polar surface area (TPSA) is 60.2 Å². The van der Waals surface area contributed by atoms with Crippen molar-refractivity contribution in [2.24, 2.45) is 0 Å². The van der Waals surface area contributed by atoms with Gasteiger partial charge in [0, 0.05) is 25.4 Å². The van der Waals surface area contributed by atoms with Crippen LogP contribution in [0.25, 0.3) is 5.69 Å². The minimum absolute atomic E-state index is 0.111. The molecule has 0 atom stereocenters. The molecule has 0 saturated heterocycles. The standard InChI is InChI=1S/C20H30N4O2S/c1-6-17(7-2)23(10-11-26-5)19(25)13-27-20-22-21-14-24(20)18-9-8-15(3)16(4)12-18/h8-9,12,14,17H,6-7,10-11,13H2,1-5H3. The third-order valence-corrected chi connectivity index (χ3v) is 5.78. The average molecular weight is 391 g/mol. The Balaban J connectivity index is 2.10. The largest absolute Gasteiger partial charge is 0.383 e. The van der Waals surface area contributed by atoms with E-state index in [9.17, 15) is 4.79 Å². The third kappa shape index (κ3) is 5.56. The molecule has 0 aliphatic carbocycles. The van der Waals surface area contributed by atoms with Crippen LogP contribution < -0.4 is 0 Å². The van der Waals surface area contributed by atoms with Gasteiger partial charge >= 0.3 is 0 Å². The van der Waals surface area contributed by atoms with Crippen LogP contribution in [0, 0.1) is 13.8 Å². The number of methoxy groups -OCH3 is 1. The van der Waals surface area contributed by atoms with Crippen molar-refractivity contribution in [1.82, 2.24) is 19.7 Å². The summed E-state index contributed by atoms with van der Waals surface area (Å²) in [4.78, 5) is 14.8. The normalized spacial score (nSPS) is 11.2. The molecule has 0 fully saturated rings. The zero-order chi connectivity index (χ0) is 19.8. The number of rotatable bonds is 10. The molecule has 27 heavy (non-hydrogen) atoms. The van der Waals surface area contributed by atoms with E-state index in [1.54, 1.807) is 13.4 Å². The lowest BCUT2D eigenvalue weighted by Gasteiger charge is -2.30. The SMILES string of the molecule is CCC(CC)N(CCOC)C(=O)CSc1nncn1-c1ccc(C)c(C)c1. The monoisotopic (exact) mass is 390 g/mol. The number of carbonyl (C=O) groups is 1. The molecule has 2 aromatic rings. The molecule has 2 rings (SSSR count). The molecular formula is C20H30N4O2S. The molecule has 1 heterocycles. The minimum atomic E-state index is 0.111. The van der Waals surface area contributed by atoms with Crippen LogP contribution in [0.5, 0.6) is 0 Å². The lowest BCUT2D eigenvalue weighted by atomic mass is 10.1. The van der Waals surface area contributed by atoms with Gasteiger partial charge in [-0.15, -0.1) is 10.2 Å². The molecular weight excluding hydrogens is 360 g/mol. The van der Waals surface area contributed by atoms with E-state index in [0.717, 1.165) is 23.7 Å². The highest BCUT2D eigenvalue weighted by Crippen LogP contribution is 2.22. The summed E-state index contributed by atoms with van der Waals surface area (Å²) in [7, 11) is 1.66. The van der Waals surface area contributed by atoms with E-state index in [-0.39, 0.29) is 11.9 Å². The van der Waals surface area contributed by atoms with Gasteiger partial charge in [-0.1, -0.05) is 31.7 Å². The second-order valence-corrected chi connectivity index (χ2v) is 7.53. The molecule has 148 valence electrons. The van der Waals surface area contributed by atoms with Crippen molar-refractivity contribution < 1.29 is 9.53 Å². The number of amides is 1. The van der Waals surface area contributed by atoms with Gasteiger partial charge < -0.3 is 9.64 Å². The van der Waals surface area contributed by atoms with Gasteiger partial charge in [0.1, 0.15) is 6.33 Å². The smallest absolute Gasteiger partial charge is 0.233 e. The van der Waals surface area contributed by atoms with Gasteiger partial charge in [-0.05, 0) is 49.9 Å². The summed E-state index contributed by atoms with van der Waals surface area (Å²) < 4.78 is 7.11. The summed E-state index contributed by atoms with van der Waals surface area (Å²) in [6, 6.07) is 6.49. The predicted molar refractivity (Wildman–Crippen MR) is 110 cm³/mol. The molecule has 0 spiro atoms. The molecule has 0 radical (unpaired) electrons. The number of carbonyl (C=O) groups excluding carboxylic acids is 1. The van der Waals surface area contributed by atoms with Crippen LogP contribution in [0.1, 0.15) is 37.8 Å². The van der Waals surface area contributed by atoms with Crippen LogP contribution in [-0.4, -0.2) is 57.6 Å². The van der Waals surface area contributed by atoms with E-state index in [0.29, 0.717) is 18.9 Å². The lowest BCUT2D eigenvalue weighted by Crippen LogP contribution is -2.42. The van der Waals surface area contributed by atoms with Crippen LogP contribution in [0.4, 0.5) is 0 Å². The second kappa shape index (κ2) is 10.5. The summed E-state index contributed by atoms with van der Waals surface area (Å²) >= 11 is 1.42. The fraction of sp³-hybridized carbons (Fsp3) is 0.550. The number of thioether (sulfide) groups is 1. The number of benzene rings is 1. The van der Waals surface area contributed by atoms with E-state index >= 15 is 0 Å². The van der Waals surface area contributed by atoms with Crippen molar-refractivity contribution in [3.63, 3.8) is 0 Å². The molecule has 1 amide bonds. The van der Waals surface area contributed by atoms with Gasteiger partial charge in [-0.3, -0.25) is 9.36 Å². The average Bonchev–Trinajstić information content (AvgIpc) is 3.14. The highest BCUT2D eigenvalue weighted by atomic mass is 32.2. The lowest BCUT2D eigenvalue weighted by molar-refractivity contribution is -0.131. The first-order chi connectivity index (χ1) is 13.0. The Bertz CT molecular complexity index is 743. The van der Waals surface area contributed by atoms with Crippen molar-refractivity contribution >= 4 is 17.7 Å². The van der Waals surface area contributed by atoms with Crippen molar-refractivity contribution in [3.8, 4) is 5.69 Å². The van der Waals surface area contributed by atoms with Gasteiger partial charge in [-0.2, -0.15) is 0 Å². The summed E-state index contributed by atoms with van der Waals surface area (Å²) in [6.07, 6.45) is 3.57. The first-order valence-corrected chi connectivity index (χ1v) is 10.4. The summed E-state index contributed by atoms with van der Waals surface area (Å²) in [5, 5.41) is 8.97. The molecule has 0 aliphatic heterocycles. The fourth-order valence-corrected chi connectivity index (χ4v) is 3.83. The molecule has 1 aromatic carbocycles. The number of aromatic nitrogens is 3. The Morgan fingerprint density at radius 2 is 2.00 bits per heavy atom. The fourth-order valence-electron chi connectivity index (χ4n) is 3.01. The Morgan fingerprint density at radius 1 is 1.26 bits per heavy atom. The number of aryl methyl sites for hydroxylation is 2. The van der Waals surface area contributed by atoms with E-state index in [2.05, 4.69) is 50.0 Å². The van der Waals surface area contributed by atoms with Crippen molar-refractivity contribution in [2.45, 2.75) is 51.7 Å². The number of hydrogen-bond donors (Lipinski definition) is 0.